The molecule has 0 radical (unpaired) electrons. The van der Waals surface area contributed by atoms with Crippen LogP contribution in [-0.2, 0) is 16.0 Å². The van der Waals surface area contributed by atoms with Gasteiger partial charge in [0.05, 0.1) is 29.9 Å². The maximum absolute atomic E-state index is 13.4. The number of nitrogens with zero attached hydrogens (tertiary/aromatic N) is 3. The fourth-order valence-corrected chi connectivity index (χ4v) is 5.89. The molecule has 1 saturated heterocycles. The highest BCUT2D eigenvalue weighted by Crippen LogP contribution is 2.32. The van der Waals surface area contributed by atoms with Crippen molar-refractivity contribution in [1.29, 1.82) is 0 Å². The number of anilines is 1. The lowest BCUT2D eigenvalue weighted by atomic mass is 10.1. The van der Waals surface area contributed by atoms with Gasteiger partial charge in [-0.3, -0.25) is 14.6 Å². The van der Waals surface area contributed by atoms with Crippen molar-refractivity contribution in [2.24, 2.45) is 0 Å². The van der Waals surface area contributed by atoms with Crippen molar-refractivity contribution in [3.63, 3.8) is 0 Å². The predicted octanol–water partition coefficient (Wildman–Crippen LogP) is 5.04. The molecular formula is C24H29N3O2S3. The average molecular weight is 488 g/mol. The number of benzene rings is 2. The number of hydrogen-bond acceptors (Lipinski definition) is 7. The SMILES string of the molecule is CCSc1ccc(CC(=O)N(CCN2CCOCC2)c2nc3ccc(SC)cc3s2)cc1. The lowest BCUT2D eigenvalue weighted by molar-refractivity contribution is -0.118. The fraction of sp³-hybridized carbons (Fsp3) is 0.417. The minimum Gasteiger partial charge on any atom is -0.379 e. The van der Waals surface area contributed by atoms with Crippen LogP contribution in [0.4, 0.5) is 5.13 Å². The maximum atomic E-state index is 13.4. The second-order valence-electron chi connectivity index (χ2n) is 7.58. The lowest BCUT2D eigenvalue weighted by Crippen LogP contribution is -2.43. The molecule has 3 aromatic rings. The van der Waals surface area contributed by atoms with Crippen molar-refractivity contribution in [1.82, 2.24) is 9.88 Å². The van der Waals surface area contributed by atoms with Gasteiger partial charge < -0.3 is 4.74 Å². The van der Waals surface area contributed by atoms with Crippen molar-refractivity contribution < 1.29 is 9.53 Å². The van der Waals surface area contributed by atoms with E-state index in [1.165, 1.54) is 9.79 Å². The number of ether oxygens (including phenoxy) is 1. The molecule has 2 aromatic carbocycles. The van der Waals surface area contributed by atoms with Gasteiger partial charge in [0.2, 0.25) is 5.91 Å². The summed E-state index contributed by atoms with van der Waals surface area (Å²) < 4.78 is 6.59. The van der Waals surface area contributed by atoms with E-state index in [9.17, 15) is 4.79 Å². The van der Waals surface area contributed by atoms with Crippen molar-refractivity contribution >= 4 is 56.1 Å². The van der Waals surface area contributed by atoms with E-state index < -0.39 is 0 Å². The molecule has 0 N–H and O–H groups in total. The summed E-state index contributed by atoms with van der Waals surface area (Å²) in [7, 11) is 0. The Morgan fingerprint density at radius 2 is 1.91 bits per heavy atom. The minimum absolute atomic E-state index is 0.0956. The van der Waals surface area contributed by atoms with Crippen LogP contribution >= 0.6 is 34.9 Å². The van der Waals surface area contributed by atoms with Gasteiger partial charge >= 0.3 is 0 Å². The number of amides is 1. The molecule has 0 aliphatic carbocycles. The molecule has 0 unspecified atom stereocenters. The summed E-state index contributed by atoms with van der Waals surface area (Å²) in [5.74, 6) is 1.14. The summed E-state index contributed by atoms with van der Waals surface area (Å²) in [4.78, 5) is 25.0. The summed E-state index contributed by atoms with van der Waals surface area (Å²) in [6.07, 6.45) is 2.46. The van der Waals surface area contributed by atoms with Crippen LogP contribution in [0.2, 0.25) is 0 Å². The van der Waals surface area contributed by atoms with E-state index in [1.807, 2.05) is 16.7 Å². The zero-order valence-corrected chi connectivity index (χ0v) is 21.0. The van der Waals surface area contributed by atoms with E-state index in [0.717, 1.165) is 59.5 Å². The first-order valence-electron chi connectivity index (χ1n) is 10.9. The van der Waals surface area contributed by atoms with Crippen molar-refractivity contribution in [2.45, 2.75) is 23.1 Å². The van der Waals surface area contributed by atoms with Gasteiger partial charge in [0.15, 0.2) is 5.13 Å². The Labute approximate surface area is 202 Å². The van der Waals surface area contributed by atoms with E-state index in [0.29, 0.717) is 13.0 Å². The predicted molar refractivity (Wildman–Crippen MR) is 138 cm³/mol. The lowest BCUT2D eigenvalue weighted by Gasteiger charge is -2.29. The fourth-order valence-electron chi connectivity index (χ4n) is 3.67. The number of thiazole rings is 1. The molecule has 1 aliphatic rings. The molecular weight excluding hydrogens is 458 g/mol. The van der Waals surface area contributed by atoms with Gasteiger partial charge in [-0.05, 0) is 47.9 Å². The molecule has 0 atom stereocenters. The topological polar surface area (TPSA) is 45.7 Å². The standard InChI is InChI=1S/C24H29N3O2S3/c1-3-31-19-6-4-18(5-7-19)16-23(28)27(11-10-26-12-14-29-15-13-26)24-25-21-9-8-20(30-2)17-22(21)32-24/h4-9,17H,3,10-16H2,1-2H3. The molecule has 170 valence electrons. The van der Waals surface area contributed by atoms with Gasteiger partial charge in [-0.25, -0.2) is 4.98 Å². The minimum atomic E-state index is 0.0956. The zero-order chi connectivity index (χ0) is 22.3. The first-order valence-corrected chi connectivity index (χ1v) is 14.0. The third kappa shape index (κ3) is 6.05. The van der Waals surface area contributed by atoms with Gasteiger partial charge in [-0.2, -0.15) is 0 Å². The summed E-state index contributed by atoms with van der Waals surface area (Å²) in [6, 6.07) is 14.7. The summed E-state index contributed by atoms with van der Waals surface area (Å²) in [5, 5.41) is 0.787. The molecule has 1 fully saturated rings. The van der Waals surface area contributed by atoms with Crippen LogP contribution in [0.5, 0.6) is 0 Å². The number of fused-ring (bicyclic) bond motifs is 1. The molecule has 1 aliphatic heterocycles. The van der Waals surface area contributed by atoms with Crippen LogP contribution in [0, 0.1) is 0 Å². The van der Waals surface area contributed by atoms with E-state index >= 15 is 0 Å². The number of aromatic nitrogens is 1. The summed E-state index contributed by atoms with van der Waals surface area (Å²) >= 11 is 5.14. The highest BCUT2D eigenvalue weighted by atomic mass is 32.2. The normalized spacial score (nSPS) is 14.7. The molecule has 8 heteroatoms. The molecule has 5 nitrogen and oxygen atoms in total. The Morgan fingerprint density at radius 1 is 1.16 bits per heavy atom. The van der Waals surface area contributed by atoms with Crippen molar-refractivity contribution in [3.8, 4) is 0 Å². The van der Waals surface area contributed by atoms with Crippen LogP contribution in [0.25, 0.3) is 10.2 Å². The second-order valence-corrected chi connectivity index (χ2v) is 10.8. The van der Waals surface area contributed by atoms with Crippen LogP contribution in [0.3, 0.4) is 0 Å². The number of morpholine rings is 1. The van der Waals surface area contributed by atoms with Crippen molar-refractivity contribution in [2.75, 3.05) is 56.3 Å². The molecule has 1 aromatic heterocycles. The Bertz CT molecular complexity index is 1030. The van der Waals surface area contributed by atoms with E-state index in [1.54, 1.807) is 23.1 Å². The van der Waals surface area contributed by atoms with Gasteiger partial charge in [0.1, 0.15) is 0 Å². The van der Waals surface area contributed by atoms with Gasteiger partial charge in [-0.1, -0.05) is 30.4 Å². The first-order chi connectivity index (χ1) is 15.7. The van der Waals surface area contributed by atoms with Crippen LogP contribution < -0.4 is 4.90 Å². The summed E-state index contributed by atoms with van der Waals surface area (Å²) in [6.45, 7) is 6.95. The highest BCUT2D eigenvalue weighted by molar-refractivity contribution is 7.99. The monoisotopic (exact) mass is 487 g/mol. The summed E-state index contributed by atoms with van der Waals surface area (Å²) in [5.41, 5.74) is 1.99. The third-order valence-corrected chi connectivity index (χ3v) is 8.11. The molecule has 0 bridgehead atoms. The Morgan fingerprint density at radius 3 is 2.62 bits per heavy atom. The second kappa shape index (κ2) is 11.5. The largest absolute Gasteiger partial charge is 0.379 e. The Hall–Kier alpha value is -1.58. The first kappa shape index (κ1) is 23.6. The van der Waals surface area contributed by atoms with Gasteiger partial charge in [0, 0.05) is 36.0 Å². The number of hydrogen-bond donors (Lipinski definition) is 0. The van der Waals surface area contributed by atoms with E-state index in [4.69, 9.17) is 9.72 Å². The quantitative estimate of drug-likeness (QED) is 0.394. The number of carbonyl (C=O) groups excluding carboxylic acids is 1. The van der Waals surface area contributed by atoms with Gasteiger partial charge in [-0.15, -0.1) is 23.5 Å². The van der Waals surface area contributed by atoms with Crippen LogP contribution in [0.15, 0.2) is 52.3 Å². The number of rotatable bonds is 9. The van der Waals surface area contributed by atoms with Crippen molar-refractivity contribution in [3.05, 3.63) is 48.0 Å². The average Bonchev–Trinajstić information content (AvgIpc) is 3.24. The van der Waals surface area contributed by atoms with Gasteiger partial charge in [0.25, 0.3) is 0 Å². The number of thioether (sulfide) groups is 2. The highest BCUT2D eigenvalue weighted by Gasteiger charge is 2.22. The van der Waals surface area contributed by atoms with Crippen LogP contribution in [-0.4, -0.2) is 67.2 Å². The molecule has 0 saturated carbocycles. The van der Waals surface area contributed by atoms with E-state index in [2.05, 4.69) is 60.5 Å². The number of carbonyl (C=O) groups is 1. The molecule has 0 spiro atoms. The molecule has 32 heavy (non-hydrogen) atoms. The van der Waals surface area contributed by atoms with Crippen LogP contribution in [0.1, 0.15) is 12.5 Å². The molecule has 2 heterocycles. The maximum Gasteiger partial charge on any atom is 0.233 e. The van der Waals surface area contributed by atoms with E-state index in [-0.39, 0.29) is 5.91 Å². The zero-order valence-electron chi connectivity index (χ0n) is 18.6. The smallest absolute Gasteiger partial charge is 0.233 e. The third-order valence-electron chi connectivity index (χ3n) is 5.45. The molecule has 1 amide bonds. The Kier molecular flexibility index (Phi) is 8.49. The Balaban J connectivity index is 1.54. The molecule has 4 rings (SSSR count).